The minimum Gasteiger partial charge on any atom is -0.384 e. The smallest absolute Gasteiger partial charge is 0.245 e. The van der Waals surface area contributed by atoms with Gasteiger partial charge in [0.15, 0.2) is 0 Å². The summed E-state index contributed by atoms with van der Waals surface area (Å²) in [5.74, 6) is -0.847. The molecule has 37 heavy (non-hydrogen) atoms. The molecule has 1 fully saturated rings. The lowest BCUT2D eigenvalue weighted by atomic mass is 10.0. The molecule has 1 atom stereocenters. The maximum Gasteiger partial charge on any atom is 0.245 e. The van der Waals surface area contributed by atoms with Crippen LogP contribution in [0.2, 0.25) is 0 Å². The summed E-state index contributed by atoms with van der Waals surface area (Å²) in [6.07, 6.45) is 3.11. The second kappa shape index (κ2) is 11.5. The molecule has 4 rings (SSSR count). The Morgan fingerprint density at radius 1 is 0.946 bits per heavy atom. The van der Waals surface area contributed by atoms with Crippen molar-refractivity contribution in [1.29, 1.82) is 5.41 Å². The van der Waals surface area contributed by atoms with Gasteiger partial charge < -0.3 is 16.0 Å². The van der Waals surface area contributed by atoms with Crippen LogP contribution >= 0.6 is 0 Å². The number of nitrogen functional groups attached to an aromatic ring is 1. The van der Waals surface area contributed by atoms with E-state index in [-0.39, 0.29) is 23.1 Å². The van der Waals surface area contributed by atoms with E-state index >= 15 is 0 Å². The Kier molecular flexibility index (Phi) is 8.20. The highest BCUT2D eigenvalue weighted by Gasteiger charge is 2.28. The van der Waals surface area contributed by atoms with Gasteiger partial charge in [-0.1, -0.05) is 54.6 Å². The van der Waals surface area contributed by atoms with E-state index in [9.17, 15) is 18.0 Å². The maximum absolute atomic E-state index is 13.3. The fraction of sp³-hybridized carbons (Fsp3) is 0.296. The molecule has 2 amide bonds. The molecule has 194 valence electrons. The number of likely N-dealkylation sites (tertiary alicyclic amines) is 1. The molecule has 1 saturated heterocycles. The first-order valence-corrected chi connectivity index (χ1v) is 13.7. The van der Waals surface area contributed by atoms with Gasteiger partial charge in [-0.2, -0.15) is 0 Å². The Labute approximate surface area is 216 Å². The van der Waals surface area contributed by atoms with Gasteiger partial charge in [0.2, 0.25) is 21.8 Å². The number of carbonyl (C=O) groups is 2. The molecule has 0 radical (unpaired) electrons. The van der Waals surface area contributed by atoms with E-state index < -0.39 is 28.5 Å². The van der Waals surface area contributed by atoms with Gasteiger partial charge >= 0.3 is 0 Å². The molecule has 3 aromatic carbocycles. The summed E-state index contributed by atoms with van der Waals surface area (Å²) in [5, 5.41) is 12.0. The van der Waals surface area contributed by atoms with Gasteiger partial charge in [-0.25, -0.2) is 13.1 Å². The van der Waals surface area contributed by atoms with Crippen LogP contribution in [0.5, 0.6) is 0 Å². The monoisotopic (exact) mass is 521 g/mol. The third-order valence-electron chi connectivity index (χ3n) is 6.46. The number of rotatable bonds is 9. The topological polar surface area (TPSA) is 145 Å². The number of nitrogens with zero attached hydrogens (tertiary/aromatic N) is 1. The lowest BCUT2D eigenvalue weighted by Gasteiger charge is -2.31. The molecular weight excluding hydrogens is 490 g/mol. The maximum atomic E-state index is 13.3. The molecule has 0 unspecified atom stereocenters. The first kappa shape index (κ1) is 26.3. The van der Waals surface area contributed by atoms with Crippen LogP contribution in [0.4, 0.5) is 0 Å². The van der Waals surface area contributed by atoms with E-state index in [1.807, 2.05) is 24.3 Å². The third-order valence-corrected chi connectivity index (χ3v) is 7.86. The average molecular weight is 522 g/mol. The summed E-state index contributed by atoms with van der Waals surface area (Å²) in [5.41, 5.74) is 6.88. The second-order valence-corrected chi connectivity index (χ2v) is 10.9. The molecule has 3 aromatic rings. The standard InChI is InChI=1S/C27H31N5O4S/c28-26(29)21-10-8-19(9-11-21)16-24(27(34)32-14-4-1-5-15-32)31-25(33)18-30-37(35,36)23-13-12-20-6-2-3-7-22(20)17-23/h2-3,6-13,17,24,30H,1,4-5,14-16,18H2,(H3,28,29)(H,31,33)/t24-/m0/s1. The molecule has 1 heterocycles. The molecule has 0 saturated carbocycles. The SMILES string of the molecule is N=C(N)c1ccc(C[C@H](NC(=O)CNS(=O)(=O)c2ccc3ccccc3c2)C(=O)N2CCCCC2)cc1. The summed E-state index contributed by atoms with van der Waals surface area (Å²) < 4.78 is 28.0. The van der Waals surface area contributed by atoms with Gasteiger partial charge in [0, 0.05) is 25.1 Å². The van der Waals surface area contributed by atoms with Crippen molar-refractivity contribution in [3.63, 3.8) is 0 Å². The number of amides is 2. The number of fused-ring (bicyclic) bond motifs is 1. The van der Waals surface area contributed by atoms with E-state index in [2.05, 4.69) is 10.0 Å². The minimum atomic E-state index is -3.93. The van der Waals surface area contributed by atoms with E-state index in [0.717, 1.165) is 35.6 Å². The zero-order valence-electron chi connectivity index (χ0n) is 20.4. The van der Waals surface area contributed by atoms with Crippen molar-refractivity contribution in [1.82, 2.24) is 14.9 Å². The molecule has 1 aliphatic heterocycles. The number of benzene rings is 3. The summed E-state index contributed by atoms with van der Waals surface area (Å²) >= 11 is 0. The van der Waals surface area contributed by atoms with Crippen LogP contribution in [0.25, 0.3) is 10.8 Å². The van der Waals surface area contributed by atoms with E-state index in [1.165, 1.54) is 6.07 Å². The lowest BCUT2D eigenvalue weighted by Crippen LogP contribution is -2.52. The molecule has 0 aromatic heterocycles. The van der Waals surface area contributed by atoms with Gasteiger partial charge in [0.25, 0.3) is 0 Å². The molecule has 1 aliphatic rings. The number of hydrogen-bond acceptors (Lipinski definition) is 5. The van der Waals surface area contributed by atoms with Crippen molar-refractivity contribution in [2.75, 3.05) is 19.6 Å². The fourth-order valence-electron chi connectivity index (χ4n) is 4.41. The Morgan fingerprint density at radius 3 is 2.30 bits per heavy atom. The average Bonchev–Trinajstić information content (AvgIpc) is 2.91. The normalized spacial score (nSPS) is 14.8. The predicted molar refractivity (Wildman–Crippen MR) is 143 cm³/mol. The van der Waals surface area contributed by atoms with Crippen LogP contribution in [-0.2, 0) is 26.0 Å². The lowest BCUT2D eigenvalue weighted by molar-refractivity contribution is -0.137. The number of nitrogens with two attached hydrogens (primary N) is 1. The molecule has 5 N–H and O–H groups in total. The van der Waals surface area contributed by atoms with Gasteiger partial charge in [0.1, 0.15) is 11.9 Å². The van der Waals surface area contributed by atoms with E-state index in [1.54, 1.807) is 41.3 Å². The number of carbonyl (C=O) groups excluding carboxylic acids is 2. The van der Waals surface area contributed by atoms with Crippen LogP contribution in [0.15, 0.2) is 71.6 Å². The molecule has 0 aliphatic carbocycles. The van der Waals surface area contributed by atoms with Crippen LogP contribution in [0.1, 0.15) is 30.4 Å². The van der Waals surface area contributed by atoms with Gasteiger partial charge in [0.05, 0.1) is 11.4 Å². The Bertz CT molecular complexity index is 1400. The predicted octanol–water partition coefficient (Wildman–Crippen LogP) is 2.14. The Balaban J connectivity index is 1.45. The van der Waals surface area contributed by atoms with Gasteiger partial charge in [-0.05, 0) is 47.7 Å². The summed E-state index contributed by atoms with van der Waals surface area (Å²) in [6, 6.07) is 18.3. The quantitative estimate of drug-likeness (QED) is 0.252. The van der Waals surface area contributed by atoms with Crippen molar-refractivity contribution >= 4 is 38.4 Å². The van der Waals surface area contributed by atoms with E-state index in [4.69, 9.17) is 11.1 Å². The van der Waals surface area contributed by atoms with E-state index in [0.29, 0.717) is 18.7 Å². The zero-order chi connectivity index (χ0) is 26.4. The highest BCUT2D eigenvalue weighted by atomic mass is 32.2. The Morgan fingerprint density at radius 2 is 1.62 bits per heavy atom. The van der Waals surface area contributed by atoms with Crippen molar-refractivity contribution in [2.45, 2.75) is 36.6 Å². The first-order valence-electron chi connectivity index (χ1n) is 12.2. The Hall–Kier alpha value is -3.76. The number of hydrogen-bond donors (Lipinski definition) is 4. The second-order valence-electron chi connectivity index (χ2n) is 9.15. The van der Waals surface area contributed by atoms with Crippen molar-refractivity contribution < 1.29 is 18.0 Å². The van der Waals surface area contributed by atoms with Crippen molar-refractivity contribution in [3.05, 3.63) is 77.9 Å². The zero-order valence-corrected chi connectivity index (χ0v) is 21.3. The molecule has 0 bridgehead atoms. The number of sulfonamides is 1. The highest BCUT2D eigenvalue weighted by molar-refractivity contribution is 7.89. The third kappa shape index (κ3) is 6.72. The van der Waals surface area contributed by atoms with Crippen LogP contribution < -0.4 is 15.8 Å². The summed E-state index contributed by atoms with van der Waals surface area (Å²) in [7, 11) is -3.93. The summed E-state index contributed by atoms with van der Waals surface area (Å²) in [4.78, 5) is 27.9. The van der Waals surface area contributed by atoms with Gasteiger partial charge in [-0.15, -0.1) is 0 Å². The summed E-state index contributed by atoms with van der Waals surface area (Å²) in [6.45, 7) is 0.758. The van der Waals surface area contributed by atoms with Crippen LogP contribution in [0, 0.1) is 5.41 Å². The minimum absolute atomic E-state index is 0.0560. The van der Waals surface area contributed by atoms with Crippen LogP contribution in [0.3, 0.4) is 0 Å². The van der Waals surface area contributed by atoms with Crippen molar-refractivity contribution in [2.24, 2.45) is 5.73 Å². The molecule has 9 nitrogen and oxygen atoms in total. The molecule has 10 heteroatoms. The molecule has 0 spiro atoms. The fourth-order valence-corrected chi connectivity index (χ4v) is 5.43. The van der Waals surface area contributed by atoms with Crippen LogP contribution in [-0.4, -0.2) is 56.6 Å². The highest BCUT2D eigenvalue weighted by Crippen LogP contribution is 2.19. The molecular formula is C27H31N5O4S. The van der Waals surface area contributed by atoms with Crippen molar-refractivity contribution in [3.8, 4) is 0 Å². The van der Waals surface area contributed by atoms with Gasteiger partial charge in [-0.3, -0.25) is 15.0 Å². The number of piperidine rings is 1. The largest absolute Gasteiger partial charge is 0.384 e. The number of amidine groups is 1. The first-order chi connectivity index (χ1) is 17.7. The number of nitrogens with one attached hydrogen (secondary N) is 3.